The Morgan fingerprint density at radius 1 is 1.26 bits per heavy atom. The minimum atomic E-state index is -0.534. The standard InChI is InChI=1S/C17H12BrFN2O2/c1-10-3-2-4-11(7-10)16-15(20-9-23-16)17(22)21-14-6-5-12(18)8-13(14)19/h2-9H,1H3,(H,21,22). The van der Waals surface area contributed by atoms with Gasteiger partial charge in [-0.2, -0.15) is 0 Å². The summed E-state index contributed by atoms with van der Waals surface area (Å²) in [5.41, 5.74) is 1.96. The molecule has 1 heterocycles. The van der Waals surface area contributed by atoms with E-state index < -0.39 is 11.7 Å². The van der Waals surface area contributed by atoms with Crippen LogP contribution in [0.15, 0.2) is 57.7 Å². The number of oxazole rings is 1. The van der Waals surface area contributed by atoms with E-state index in [1.54, 1.807) is 6.07 Å². The monoisotopic (exact) mass is 374 g/mol. The van der Waals surface area contributed by atoms with Crippen LogP contribution < -0.4 is 5.32 Å². The molecule has 0 fully saturated rings. The lowest BCUT2D eigenvalue weighted by Gasteiger charge is -2.06. The van der Waals surface area contributed by atoms with Crippen LogP contribution in [0.5, 0.6) is 0 Å². The average Bonchev–Trinajstić information content (AvgIpc) is 2.99. The number of anilines is 1. The smallest absolute Gasteiger partial charge is 0.278 e. The first kappa shape index (κ1) is 15.4. The first-order valence-electron chi connectivity index (χ1n) is 6.81. The van der Waals surface area contributed by atoms with E-state index in [4.69, 9.17) is 4.42 Å². The summed E-state index contributed by atoms with van der Waals surface area (Å²) in [6.07, 6.45) is 1.20. The highest BCUT2D eigenvalue weighted by Crippen LogP contribution is 2.25. The summed E-state index contributed by atoms with van der Waals surface area (Å²) in [5, 5.41) is 2.51. The highest BCUT2D eigenvalue weighted by Gasteiger charge is 2.19. The molecule has 2 aromatic carbocycles. The van der Waals surface area contributed by atoms with Gasteiger partial charge in [-0.1, -0.05) is 39.7 Å². The predicted octanol–water partition coefficient (Wildman–Crippen LogP) is 4.80. The Bertz CT molecular complexity index is 877. The molecular formula is C17H12BrFN2O2. The Labute approximate surface area is 140 Å². The highest BCUT2D eigenvalue weighted by molar-refractivity contribution is 9.10. The first-order chi connectivity index (χ1) is 11.0. The fraction of sp³-hybridized carbons (Fsp3) is 0.0588. The van der Waals surface area contributed by atoms with Crippen LogP contribution in [0, 0.1) is 12.7 Å². The van der Waals surface area contributed by atoms with E-state index in [0.29, 0.717) is 10.2 Å². The van der Waals surface area contributed by atoms with Gasteiger partial charge in [-0.3, -0.25) is 4.79 Å². The summed E-state index contributed by atoms with van der Waals surface area (Å²) in [7, 11) is 0. The number of benzene rings is 2. The zero-order chi connectivity index (χ0) is 16.4. The van der Waals surface area contributed by atoms with Crippen molar-refractivity contribution in [1.29, 1.82) is 0 Å². The number of hydrogen-bond acceptors (Lipinski definition) is 3. The molecule has 1 aromatic heterocycles. The lowest BCUT2D eigenvalue weighted by atomic mass is 10.1. The van der Waals surface area contributed by atoms with Gasteiger partial charge in [0.1, 0.15) is 5.82 Å². The number of carbonyl (C=O) groups excluding carboxylic acids is 1. The van der Waals surface area contributed by atoms with E-state index >= 15 is 0 Å². The Morgan fingerprint density at radius 2 is 2.09 bits per heavy atom. The van der Waals surface area contributed by atoms with Crippen LogP contribution in [0.25, 0.3) is 11.3 Å². The van der Waals surface area contributed by atoms with Gasteiger partial charge in [0.15, 0.2) is 17.8 Å². The van der Waals surface area contributed by atoms with Gasteiger partial charge in [-0.15, -0.1) is 0 Å². The van der Waals surface area contributed by atoms with Crippen molar-refractivity contribution in [3.05, 3.63) is 70.4 Å². The molecule has 0 spiro atoms. The van der Waals surface area contributed by atoms with Gasteiger partial charge < -0.3 is 9.73 Å². The lowest BCUT2D eigenvalue weighted by Crippen LogP contribution is -2.14. The van der Waals surface area contributed by atoms with E-state index in [1.165, 1.54) is 18.5 Å². The van der Waals surface area contributed by atoms with Gasteiger partial charge in [0.2, 0.25) is 0 Å². The molecule has 0 aliphatic carbocycles. The Morgan fingerprint density at radius 3 is 2.83 bits per heavy atom. The molecule has 23 heavy (non-hydrogen) atoms. The number of amides is 1. The molecule has 3 rings (SSSR count). The van der Waals surface area contributed by atoms with Gasteiger partial charge in [-0.05, 0) is 31.2 Å². The minimum Gasteiger partial charge on any atom is -0.443 e. The molecule has 0 radical (unpaired) electrons. The highest BCUT2D eigenvalue weighted by atomic mass is 79.9. The van der Waals surface area contributed by atoms with Crippen LogP contribution in [0.1, 0.15) is 16.1 Å². The van der Waals surface area contributed by atoms with Crippen molar-refractivity contribution >= 4 is 27.5 Å². The number of hydrogen-bond donors (Lipinski definition) is 1. The quantitative estimate of drug-likeness (QED) is 0.715. The molecule has 1 N–H and O–H groups in total. The normalized spacial score (nSPS) is 10.6. The van der Waals surface area contributed by atoms with Gasteiger partial charge in [0.05, 0.1) is 5.69 Å². The van der Waals surface area contributed by atoms with Crippen molar-refractivity contribution < 1.29 is 13.6 Å². The maximum Gasteiger partial charge on any atom is 0.278 e. The molecule has 4 nitrogen and oxygen atoms in total. The van der Waals surface area contributed by atoms with Crippen LogP contribution in [0.4, 0.5) is 10.1 Å². The van der Waals surface area contributed by atoms with Crippen molar-refractivity contribution in [3.63, 3.8) is 0 Å². The zero-order valence-electron chi connectivity index (χ0n) is 12.1. The van der Waals surface area contributed by atoms with Crippen molar-refractivity contribution in [1.82, 2.24) is 4.98 Å². The maximum atomic E-state index is 13.8. The fourth-order valence-corrected chi connectivity index (χ4v) is 2.50. The summed E-state index contributed by atoms with van der Waals surface area (Å²) >= 11 is 3.17. The van der Waals surface area contributed by atoms with Crippen molar-refractivity contribution in [3.8, 4) is 11.3 Å². The number of halogens is 2. The maximum absolute atomic E-state index is 13.8. The molecule has 0 atom stereocenters. The number of aryl methyl sites for hydroxylation is 1. The van der Waals surface area contributed by atoms with Gasteiger partial charge in [0.25, 0.3) is 5.91 Å². The van der Waals surface area contributed by atoms with E-state index in [9.17, 15) is 9.18 Å². The van der Waals surface area contributed by atoms with E-state index in [0.717, 1.165) is 11.1 Å². The minimum absolute atomic E-state index is 0.0800. The van der Waals surface area contributed by atoms with E-state index in [-0.39, 0.29) is 11.4 Å². The Balaban J connectivity index is 1.91. The Hall–Kier alpha value is -2.47. The van der Waals surface area contributed by atoms with Crippen LogP contribution in [-0.4, -0.2) is 10.9 Å². The van der Waals surface area contributed by atoms with Crippen LogP contribution in [0.3, 0.4) is 0 Å². The van der Waals surface area contributed by atoms with Crippen LogP contribution >= 0.6 is 15.9 Å². The molecule has 0 unspecified atom stereocenters. The van der Waals surface area contributed by atoms with E-state index in [1.807, 2.05) is 31.2 Å². The third-order valence-electron chi connectivity index (χ3n) is 3.24. The van der Waals surface area contributed by atoms with Crippen molar-refractivity contribution in [2.45, 2.75) is 6.92 Å². The number of aromatic nitrogens is 1. The molecule has 3 aromatic rings. The predicted molar refractivity (Wildman–Crippen MR) is 88.7 cm³/mol. The second-order valence-electron chi connectivity index (χ2n) is 4.98. The molecule has 116 valence electrons. The molecule has 0 aliphatic heterocycles. The molecule has 0 aliphatic rings. The third kappa shape index (κ3) is 3.32. The number of nitrogens with one attached hydrogen (secondary N) is 1. The molecule has 6 heteroatoms. The summed E-state index contributed by atoms with van der Waals surface area (Å²) in [6.45, 7) is 1.94. The summed E-state index contributed by atoms with van der Waals surface area (Å²) in [4.78, 5) is 16.3. The van der Waals surface area contributed by atoms with Gasteiger partial charge in [-0.25, -0.2) is 9.37 Å². The second kappa shape index (κ2) is 6.34. The number of rotatable bonds is 3. The topological polar surface area (TPSA) is 55.1 Å². The fourth-order valence-electron chi connectivity index (χ4n) is 2.17. The number of nitrogens with zero attached hydrogens (tertiary/aromatic N) is 1. The lowest BCUT2D eigenvalue weighted by molar-refractivity contribution is 0.102. The summed E-state index contributed by atoms with van der Waals surface area (Å²) in [6, 6.07) is 11.9. The molecular weight excluding hydrogens is 363 g/mol. The zero-order valence-corrected chi connectivity index (χ0v) is 13.7. The molecule has 0 bridgehead atoms. The summed E-state index contributed by atoms with van der Waals surface area (Å²) in [5.74, 6) is -0.714. The largest absolute Gasteiger partial charge is 0.443 e. The van der Waals surface area contributed by atoms with Crippen LogP contribution in [-0.2, 0) is 0 Å². The second-order valence-corrected chi connectivity index (χ2v) is 5.89. The first-order valence-corrected chi connectivity index (χ1v) is 7.61. The van der Waals surface area contributed by atoms with E-state index in [2.05, 4.69) is 26.2 Å². The number of carbonyl (C=O) groups is 1. The SMILES string of the molecule is Cc1cccc(-c2ocnc2C(=O)Nc2ccc(Br)cc2F)c1. The van der Waals surface area contributed by atoms with Crippen LogP contribution in [0.2, 0.25) is 0 Å². The third-order valence-corrected chi connectivity index (χ3v) is 3.74. The molecule has 1 amide bonds. The molecule has 0 saturated carbocycles. The Kier molecular flexibility index (Phi) is 4.25. The molecule has 0 saturated heterocycles. The summed E-state index contributed by atoms with van der Waals surface area (Å²) < 4.78 is 19.8. The average molecular weight is 375 g/mol. The van der Waals surface area contributed by atoms with Crippen molar-refractivity contribution in [2.75, 3.05) is 5.32 Å². The van der Waals surface area contributed by atoms with Gasteiger partial charge in [0, 0.05) is 10.0 Å². The van der Waals surface area contributed by atoms with Gasteiger partial charge >= 0.3 is 0 Å². The van der Waals surface area contributed by atoms with Crippen molar-refractivity contribution in [2.24, 2.45) is 0 Å².